The molecule has 0 aromatic carbocycles. The van der Waals surface area contributed by atoms with Gasteiger partial charge >= 0.3 is 0 Å². The Morgan fingerprint density at radius 3 is 2.47 bits per heavy atom. The molecule has 0 heterocycles. The van der Waals surface area contributed by atoms with Crippen LogP contribution in [0, 0.1) is 5.92 Å². The molecule has 0 radical (unpaired) electrons. The second-order valence-electron chi connectivity index (χ2n) is 4.76. The zero-order valence-electron chi connectivity index (χ0n) is 9.99. The molecule has 1 atom stereocenters. The Labute approximate surface area is 93.6 Å². The van der Waals surface area contributed by atoms with Gasteiger partial charge < -0.3 is 15.7 Å². The molecule has 90 valence electrons. The van der Waals surface area contributed by atoms with Crippen LogP contribution in [0.4, 0.5) is 0 Å². The van der Waals surface area contributed by atoms with E-state index in [9.17, 15) is 0 Å². The van der Waals surface area contributed by atoms with Gasteiger partial charge in [0.1, 0.15) is 0 Å². The van der Waals surface area contributed by atoms with E-state index in [2.05, 4.69) is 11.9 Å². The molecule has 3 heteroatoms. The first-order valence-electron chi connectivity index (χ1n) is 6.30. The molecule has 0 spiro atoms. The summed E-state index contributed by atoms with van der Waals surface area (Å²) in [4.78, 5) is 2.43. The highest BCUT2D eigenvalue weighted by Crippen LogP contribution is 2.34. The lowest BCUT2D eigenvalue weighted by Gasteiger charge is -2.26. The van der Waals surface area contributed by atoms with Gasteiger partial charge in [0.05, 0.1) is 0 Å². The van der Waals surface area contributed by atoms with Crippen LogP contribution in [0.5, 0.6) is 0 Å². The lowest BCUT2D eigenvalue weighted by Crippen LogP contribution is -2.40. The maximum Gasteiger partial charge on any atom is 0.0431 e. The summed E-state index contributed by atoms with van der Waals surface area (Å²) in [5.41, 5.74) is 5.79. The normalized spacial score (nSPS) is 18.4. The van der Waals surface area contributed by atoms with E-state index >= 15 is 0 Å². The molecular weight excluding hydrogens is 188 g/mol. The van der Waals surface area contributed by atoms with Crippen molar-refractivity contribution >= 4 is 0 Å². The SMILES string of the molecule is CN(CCCCCCO)C(CN)C1CC1. The number of unbranched alkanes of at least 4 members (excludes halogenated alkanes) is 3. The van der Waals surface area contributed by atoms with E-state index in [1.807, 2.05) is 0 Å². The topological polar surface area (TPSA) is 49.5 Å². The van der Waals surface area contributed by atoms with Crippen molar-refractivity contribution in [1.82, 2.24) is 4.90 Å². The minimum Gasteiger partial charge on any atom is -0.396 e. The van der Waals surface area contributed by atoms with Crippen LogP contribution in [-0.4, -0.2) is 42.8 Å². The number of hydrogen-bond acceptors (Lipinski definition) is 3. The second kappa shape index (κ2) is 7.20. The molecule has 15 heavy (non-hydrogen) atoms. The minimum atomic E-state index is 0.337. The first-order valence-corrected chi connectivity index (χ1v) is 6.30. The average Bonchev–Trinajstić information content (AvgIpc) is 3.03. The van der Waals surface area contributed by atoms with Gasteiger partial charge in [-0.05, 0) is 45.2 Å². The van der Waals surface area contributed by atoms with Crippen LogP contribution in [0.15, 0.2) is 0 Å². The summed E-state index contributed by atoms with van der Waals surface area (Å²) >= 11 is 0. The quantitative estimate of drug-likeness (QED) is 0.567. The Kier molecular flexibility index (Phi) is 6.22. The lowest BCUT2D eigenvalue weighted by molar-refractivity contribution is 0.217. The summed E-state index contributed by atoms with van der Waals surface area (Å²) in [6, 6.07) is 0.614. The third-order valence-corrected chi connectivity index (χ3v) is 3.39. The monoisotopic (exact) mass is 214 g/mol. The average molecular weight is 214 g/mol. The maximum atomic E-state index is 8.66. The van der Waals surface area contributed by atoms with Crippen LogP contribution in [0.25, 0.3) is 0 Å². The summed E-state index contributed by atoms with van der Waals surface area (Å²) in [6.07, 6.45) is 7.31. The Morgan fingerprint density at radius 1 is 1.27 bits per heavy atom. The van der Waals surface area contributed by atoms with Gasteiger partial charge in [-0.2, -0.15) is 0 Å². The summed E-state index contributed by atoms with van der Waals surface area (Å²) in [5.74, 6) is 0.873. The van der Waals surface area contributed by atoms with E-state index in [1.54, 1.807) is 0 Å². The number of rotatable bonds is 9. The highest BCUT2D eigenvalue weighted by Gasteiger charge is 2.32. The van der Waals surface area contributed by atoms with Gasteiger partial charge in [-0.15, -0.1) is 0 Å². The molecule has 1 aliphatic rings. The largest absolute Gasteiger partial charge is 0.396 e. The van der Waals surface area contributed by atoms with Crippen molar-refractivity contribution in [3.05, 3.63) is 0 Å². The van der Waals surface area contributed by atoms with E-state index in [4.69, 9.17) is 10.8 Å². The zero-order valence-corrected chi connectivity index (χ0v) is 9.99. The number of aliphatic hydroxyl groups is 1. The van der Waals surface area contributed by atoms with Crippen molar-refractivity contribution in [2.24, 2.45) is 11.7 Å². The van der Waals surface area contributed by atoms with Crippen LogP contribution < -0.4 is 5.73 Å². The highest BCUT2D eigenvalue weighted by molar-refractivity contribution is 4.87. The molecule has 1 fully saturated rings. The molecule has 1 rings (SSSR count). The molecule has 1 aliphatic carbocycles. The Hall–Kier alpha value is -0.120. The lowest BCUT2D eigenvalue weighted by atomic mass is 10.1. The van der Waals surface area contributed by atoms with Crippen LogP contribution >= 0.6 is 0 Å². The summed E-state index contributed by atoms with van der Waals surface area (Å²) in [5, 5.41) is 8.66. The van der Waals surface area contributed by atoms with E-state index < -0.39 is 0 Å². The van der Waals surface area contributed by atoms with E-state index in [0.29, 0.717) is 12.6 Å². The van der Waals surface area contributed by atoms with Crippen LogP contribution in [0.3, 0.4) is 0 Å². The Morgan fingerprint density at radius 2 is 1.93 bits per heavy atom. The second-order valence-corrected chi connectivity index (χ2v) is 4.76. The van der Waals surface area contributed by atoms with Crippen molar-refractivity contribution in [3.8, 4) is 0 Å². The summed E-state index contributed by atoms with van der Waals surface area (Å²) in [7, 11) is 2.20. The van der Waals surface area contributed by atoms with Gasteiger partial charge in [-0.3, -0.25) is 0 Å². The standard InChI is InChI=1S/C12H26N2O/c1-14(8-4-2-3-5-9-15)12(10-13)11-6-7-11/h11-12,15H,2-10,13H2,1H3. The number of likely N-dealkylation sites (N-methyl/N-ethyl adjacent to an activating group) is 1. The van der Waals surface area contributed by atoms with Gasteiger partial charge in [0.15, 0.2) is 0 Å². The van der Waals surface area contributed by atoms with Crippen molar-refractivity contribution < 1.29 is 5.11 Å². The molecule has 0 bridgehead atoms. The van der Waals surface area contributed by atoms with Gasteiger partial charge in [0, 0.05) is 19.2 Å². The van der Waals surface area contributed by atoms with Crippen molar-refractivity contribution in [2.45, 2.75) is 44.6 Å². The van der Waals surface area contributed by atoms with Crippen molar-refractivity contribution in [1.29, 1.82) is 0 Å². The molecule has 0 aromatic heterocycles. The van der Waals surface area contributed by atoms with Gasteiger partial charge in [0.2, 0.25) is 0 Å². The first kappa shape index (κ1) is 12.9. The van der Waals surface area contributed by atoms with Crippen molar-refractivity contribution in [3.63, 3.8) is 0 Å². The van der Waals surface area contributed by atoms with Gasteiger partial charge in [-0.1, -0.05) is 12.8 Å². The summed E-state index contributed by atoms with van der Waals surface area (Å²) in [6.45, 7) is 2.30. The molecule has 0 aromatic rings. The Bertz CT molecular complexity index is 160. The van der Waals surface area contributed by atoms with E-state index in [-0.39, 0.29) is 0 Å². The zero-order chi connectivity index (χ0) is 11.1. The molecular formula is C12H26N2O. The fourth-order valence-corrected chi connectivity index (χ4v) is 2.21. The molecule has 3 nitrogen and oxygen atoms in total. The number of nitrogens with two attached hydrogens (primary N) is 1. The van der Waals surface area contributed by atoms with Crippen LogP contribution in [0.1, 0.15) is 38.5 Å². The smallest absolute Gasteiger partial charge is 0.0431 e. The molecule has 3 N–H and O–H groups in total. The van der Waals surface area contributed by atoms with E-state index in [1.165, 1.54) is 25.7 Å². The van der Waals surface area contributed by atoms with Crippen LogP contribution in [-0.2, 0) is 0 Å². The predicted octanol–water partition coefficient (Wildman–Crippen LogP) is 1.21. The van der Waals surface area contributed by atoms with Gasteiger partial charge in [0.25, 0.3) is 0 Å². The predicted molar refractivity (Wildman–Crippen MR) is 63.8 cm³/mol. The molecule has 0 amide bonds. The third kappa shape index (κ3) is 4.96. The van der Waals surface area contributed by atoms with Crippen LogP contribution in [0.2, 0.25) is 0 Å². The fraction of sp³-hybridized carbons (Fsp3) is 1.00. The van der Waals surface area contributed by atoms with E-state index in [0.717, 1.165) is 31.8 Å². The minimum absolute atomic E-state index is 0.337. The number of hydrogen-bond donors (Lipinski definition) is 2. The number of nitrogens with zero attached hydrogens (tertiary/aromatic N) is 1. The molecule has 0 saturated heterocycles. The highest BCUT2D eigenvalue weighted by atomic mass is 16.2. The molecule has 1 unspecified atom stereocenters. The molecule has 1 saturated carbocycles. The summed E-state index contributed by atoms with van der Waals surface area (Å²) < 4.78 is 0. The fourth-order valence-electron chi connectivity index (χ4n) is 2.21. The molecule has 0 aliphatic heterocycles. The Balaban J connectivity index is 2.03. The van der Waals surface area contributed by atoms with Gasteiger partial charge in [-0.25, -0.2) is 0 Å². The maximum absolute atomic E-state index is 8.66. The first-order chi connectivity index (χ1) is 7.29. The van der Waals surface area contributed by atoms with Crippen molar-refractivity contribution in [2.75, 3.05) is 26.7 Å². The third-order valence-electron chi connectivity index (χ3n) is 3.39. The number of aliphatic hydroxyl groups excluding tert-OH is 1.